The van der Waals surface area contributed by atoms with E-state index in [1.807, 2.05) is 0 Å². The smallest absolute Gasteiger partial charge is 0.261 e. The topological polar surface area (TPSA) is 92.3 Å². The number of nitrogens with one attached hydrogen (secondary N) is 2. The third-order valence-corrected chi connectivity index (χ3v) is 7.47. The Morgan fingerprint density at radius 2 is 1.30 bits per heavy atom. The third-order valence-electron chi connectivity index (χ3n) is 3.91. The quantitative estimate of drug-likeness (QED) is 0.450. The molecule has 0 saturated carbocycles. The molecule has 0 heterocycles. The van der Waals surface area contributed by atoms with Gasteiger partial charge in [0, 0.05) is 26.3 Å². The van der Waals surface area contributed by atoms with E-state index in [0.29, 0.717) is 10.7 Å². The molecule has 0 atom stereocenters. The largest absolute Gasteiger partial charge is 0.283 e. The van der Waals surface area contributed by atoms with Crippen molar-refractivity contribution in [3.8, 4) is 0 Å². The molecule has 11 heteroatoms. The van der Waals surface area contributed by atoms with Gasteiger partial charge in [0.15, 0.2) is 0 Å². The molecular weight excluding hydrogens is 491 g/mol. The lowest BCUT2D eigenvalue weighted by Gasteiger charge is -2.12. The van der Waals surface area contributed by atoms with Crippen LogP contribution in [0.25, 0.3) is 0 Å². The highest BCUT2D eigenvalue weighted by molar-refractivity contribution is 7.92. The molecule has 0 spiro atoms. The molecule has 0 aliphatic heterocycles. The van der Waals surface area contributed by atoms with Crippen molar-refractivity contribution >= 4 is 66.2 Å². The molecule has 0 bridgehead atoms. The fraction of sp³-hybridized carbons (Fsp3) is 0.0526. The predicted molar refractivity (Wildman–Crippen MR) is 121 cm³/mol. The van der Waals surface area contributed by atoms with E-state index in [4.69, 9.17) is 34.8 Å². The van der Waals surface area contributed by atoms with Gasteiger partial charge in [-0.25, -0.2) is 16.8 Å². The Kier molecular flexibility index (Phi) is 6.84. The lowest BCUT2D eigenvalue weighted by molar-refractivity contribution is 0.599. The van der Waals surface area contributed by atoms with Crippen LogP contribution in [0.1, 0.15) is 5.56 Å². The molecule has 0 amide bonds. The van der Waals surface area contributed by atoms with E-state index in [9.17, 15) is 16.8 Å². The fourth-order valence-electron chi connectivity index (χ4n) is 2.54. The minimum absolute atomic E-state index is 0.0421. The first-order valence-corrected chi connectivity index (χ1v) is 12.6. The van der Waals surface area contributed by atoms with Crippen molar-refractivity contribution in [3.63, 3.8) is 0 Å². The zero-order valence-electron chi connectivity index (χ0n) is 15.1. The van der Waals surface area contributed by atoms with Gasteiger partial charge >= 0.3 is 0 Å². The summed E-state index contributed by atoms with van der Waals surface area (Å²) in [5.41, 5.74) is 0.780. The van der Waals surface area contributed by atoms with Gasteiger partial charge < -0.3 is 0 Å². The maximum atomic E-state index is 12.5. The Balaban J connectivity index is 1.75. The summed E-state index contributed by atoms with van der Waals surface area (Å²) in [6.45, 7) is 0. The molecule has 0 unspecified atom stereocenters. The van der Waals surface area contributed by atoms with Crippen LogP contribution in [-0.2, 0) is 25.8 Å². The first kappa shape index (κ1) is 22.7. The number of sulfonamides is 2. The molecule has 0 aromatic heterocycles. The van der Waals surface area contributed by atoms with Gasteiger partial charge in [0.1, 0.15) is 0 Å². The molecule has 3 rings (SSSR count). The minimum Gasteiger partial charge on any atom is -0.283 e. The molecule has 0 fully saturated rings. The minimum atomic E-state index is -3.87. The average Bonchev–Trinajstić information content (AvgIpc) is 2.65. The number of rotatable bonds is 7. The van der Waals surface area contributed by atoms with Crippen LogP contribution in [0.5, 0.6) is 0 Å². The molecule has 3 aromatic carbocycles. The van der Waals surface area contributed by atoms with E-state index in [0.717, 1.165) is 0 Å². The molecule has 3 aromatic rings. The van der Waals surface area contributed by atoms with Crippen LogP contribution in [-0.4, -0.2) is 16.8 Å². The Morgan fingerprint density at radius 1 is 0.700 bits per heavy atom. The normalized spacial score (nSPS) is 11.8. The molecule has 158 valence electrons. The number of hydrogen-bond donors (Lipinski definition) is 2. The van der Waals surface area contributed by atoms with E-state index in [1.165, 1.54) is 30.3 Å². The zero-order valence-corrected chi connectivity index (χ0v) is 19.0. The number of anilines is 2. The first-order chi connectivity index (χ1) is 14.1. The highest BCUT2D eigenvalue weighted by Crippen LogP contribution is 2.27. The van der Waals surface area contributed by atoms with Crippen LogP contribution in [0.4, 0.5) is 11.4 Å². The van der Waals surface area contributed by atoms with Crippen molar-refractivity contribution in [3.05, 3.63) is 87.4 Å². The Hall–Kier alpha value is -1.97. The monoisotopic (exact) mass is 504 g/mol. The molecule has 6 nitrogen and oxygen atoms in total. The van der Waals surface area contributed by atoms with E-state index < -0.39 is 25.8 Å². The predicted octanol–water partition coefficient (Wildman–Crippen LogP) is 5.39. The number of benzene rings is 3. The summed E-state index contributed by atoms with van der Waals surface area (Å²) in [5, 5.41) is 0.862. The number of halogens is 3. The third kappa shape index (κ3) is 5.80. The molecule has 2 N–H and O–H groups in total. The van der Waals surface area contributed by atoms with Gasteiger partial charge in [0.25, 0.3) is 10.0 Å². The fourth-order valence-corrected chi connectivity index (χ4v) is 5.73. The summed E-state index contributed by atoms with van der Waals surface area (Å²) < 4.78 is 54.7. The summed E-state index contributed by atoms with van der Waals surface area (Å²) in [5.74, 6) is -0.429. The van der Waals surface area contributed by atoms with Crippen molar-refractivity contribution < 1.29 is 16.8 Å². The lowest BCUT2D eigenvalue weighted by Crippen LogP contribution is -2.16. The van der Waals surface area contributed by atoms with Crippen molar-refractivity contribution in [1.82, 2.24) is 0 Å². The SMILES string of the molecule is O=S(=O)(Cc1c(Cl)cccc1Cl)Nc1ccc(S(=O)(=O)Nc2cccc(Cl)c2)cc1. The van der Waals surface area contributed by atoms with Gasteiger partial charge in [0.2, 0.25) is 10.0 Å². The van der Waals surface area contributed by atoms with Crippen molar-refractivity contribution in [2.24, 2.45) is 0 Å². The van der Waals surface area contributed by atoms with Crippen molar-refractivity contribution in [2.45, 2.75) is 10.6 Å². The van der Waals surface area contributed by atoms with Crippen LogP contribution < -0.4 is 9.44 Å². The molecule has 0 aliphatic carbocycles. The second-order valence-electron chi connectivity index (χ2n) is 6.20. The van der Waals surface area contributed by atoms with Gasteiger partial charge in [-0.3, -0.25) is 9.44 Å². The second kappa shape index (κ2) is 9.03. The maximum Gasteiger partial charge on any atom is 0.261 e. The Bertz CT molecular complexity index is 1260. The molecule has 0 saturated heterocycles. The summed E-state index contributed by atoms with van der Waals surface area (Å²) in [7, 11) is -7.70. The van der Waals surface area contributed by atoms with E-state index in [-0.39, 0.29) is 26.2 Å². The Morgan fingerprint density at radius 3 is 1.90 bits per heavy atom. The van der Waals surface area contributed by atoms with E-state index in [1.54, 1.807) is 36.4 Å². The van der Waals surface area contributed by atoms with Crippen LogP contribution in [0, 0.1) is 0 Å². The summed E-state index contributed by atoms with van der Waals surface area (Å²) in [6, 6.07) is 16.2. The molecular formula is C19H15Cl3N2O4S2. The highest BCUT2D eigenvalue weighted by atomic mass is 35.5. The standard InChI is InChI=1S/C19H15Cl3N2O4S2/c20-13-3-1-4-15(11-13)24-30(27,28)16-9-7-14(8-10-16)23-29(25,26)12-17-18(21)5-2-6-19(17)22/h1-11,23-24H,12H2. The lowest BCUT2D eigenvalue weighted by atomic mass is 10.2. The summed E-state index contributed by atoms with van der Waals surface area (Å²) >= 11 is 17.9. The van der Waals surface area contributed by atoms with Gasteiger partial charge in [-0.2, -0.15) is 0 Å². The van der Waals surface area contributed by atoms with Gasteiger partial charge in [0.05, 0.1) is 16.3 Å². The van der Waals surface area contributed by atoms with E-state index >= 15 is 0 Å². The number of hydrogen-bond acceptors (Lipinski definition) is 4. The first-order valence-electron chi connectivity index (χ1n) is 8.37. The van der Waals surface area contributed by atoms with Crippen LogP contribution >= 0.6 is 34.8 Å². The van der Waals surface area contributed by atoms with Gasteiger partial charge in [-0.15, -0.1) is 0 Å². The van der Waals surface area contributed by atoms with Gasteiger partial charge in [-0.1, -0.05) is 46.9 Å². The van der Waals surface area contributed by atoms with Crippen molar-refractivity contribution in [1.29, 1.82) is 0 Å². The summed E-state index contributed by atoms with van der Waals surface area (Å²) in [6.07, 6.45) is 0. The van der Waals surface area contributed by atoms with Crippen LogP contribution in [0.15, 0.2) is 71.6 Å². The van der Waals surface area contributed by atoms with Crippen LogP contribution in [0.3, 0.4) is 0 Å². The van der Waals surface area contributed by atoms with E-state index in [2.05, 4.69) is 9.44 Å². The summed E-state index contributed by atoms with van der Waals surface area (Å²) in [4.78, 5) is -0.0421. The molecule has 0 aliphatic rings. The molecule has 30 heavy (non-hydrogen) atoms. The average molecular weight is 506 g/mol. The highest BCUT2D eigenvalue weighted by Gasteiger charge is 2.18. The van der Waals surface area contributed by atoms with Gasteiger partial charge in [-0.05, 0) is 54.6 Å². The molecule has 0 radical (unpaired) electrons. The zero-order chi connectivity index (χ0) is 21.9. The second-order valence-corrected chi connectivity index (χ2v) is 10.9. The Labute approximate surface area is 189 Å². The van der Waals surface area contributed by atoms with Crippen molar-refractivity contribution in [2.75, 3.05) is 9.44 Å². The maximum absolute atomic E-state index is 12.5. The van der Waals surface area contributed by atoms with Crippen LogP contribution in [0.2, 0.25) is 15.1 Å².